The molecule has 0 spiro atoms. The summed E-state index contributed by atoms with van der Waals surface area (Å²) < 4.78 is 5.36. The monoisotopic (exact) mass is 709 g/mol. The van der Waals surface area contributed by atoms with Crippen molar-refractivity contribution in [1.82, 2.24) is 5.32 Å². The van der Waals surface area contributed by atoms with Gasteiger partial charge < -0.3 is 20.7 Å². The van der Waals surface area contributed by atoms with E-state index in [2.05, 4.69) is 16.0 Å². The van der Waals surface area contributed by atoms with Gasteiger partial charge in [0.2, 0.25) is 5.91 Å². The number of aryl methyl sites for hydroxylation is 1. The number of thiophene rings is 2. The van der Waals surface area contributed by atoms with Gasteiger partial charge in [-0.05, 0) is 73.7 Å². The molecule has 11 heteroatoms. The van der Waals surface area contributed by atoms with Crippen LogP contribution in [0.2, 0.25) is 0 Å². The first-order chi connectivity index (χ1) is 23.7. The first-order valence-corrected chi connectivity index (χ1v) is 18.3. The van der Waals surface area contributed by atoms with Gasteiger partial charge in [0.15, 0.2) is 0 Å². The number of rotatable bonds is 13. The Morgan fingerprint density at radius 2 is 1.65 bits per heavy atom. The highest BCUT2D eigenvalue weighted by molar-refractivity contribution is 8.00. The Kier molecular flexibility index (Phi) is 12.2. The molecule has 1 unspecified atom stereocenters. The minimum Gasteiger partial charge on any atom is -0.462 e. The van der Waals surface area contributed by atoms with Gasteiger partial charge in [-0.25, -0.2) is 4.79 Å². The van der Waals surface area contributed by atoms with Crippen LogP contribution in [0.25, 0.3) is 17.2 Å². The summed E-state index contributed by atoms with van der Waals surface area (Å²) in [6.07, 6.45) is 2.15. The number of anilines is 2. The number of ether oxygens (including phenoxy) is 1. The van der Waals surface area contributed by atoms with Crippen molar-refractivity contribution in [2.45, 2.75) is 37.3 Å². The second kappa shape index (κ2) is 16.9. The number of hydrogen-bond donors (Lipinski definition) is 3. The zero-order valence-corrected chi connectivity index (χ0v) is 29.6. The lowest BCUT2D eigenvalue weighted by Crippen LogP contribution is -2.30. The molecule has 2 heterocycles. The van der Waals surface area contributed by atoms with Crippen molar-refractivity contribution in [1.29, 1.82) is 0 Å². The van der Waals surface area contributed by atoms with E-state index in [0.717, 1.165) is 20.9 Å². The van der Waals surface area contributed by atoms with Crippen LogP contribution in [0.4, 0.5) is 10.7 Å². The molecule has 3 aromatic carbocycles. The van der Waals surface area contributed by atoms with Gasteiger partial charge in [-0.3, -0.25) is 14.4 Å². The first-order valence-electron chi connectivity index (χ1n) is 15.6. The molecule has 0 bridgehead atoms. The topological polar surface area (TPSA) is 114 Å². The molecule has 0 radical (unpaired) electrons. The maximum Gasteiger partial charge on any atom is 0.341 e. The second-order valence-electron chi connectivity index (χ2n) is 10.8. The van der Waals surface area contributed by atoms with Crippen LogP contribution in [0.5, 0.6) is 0 Å². The summed E-state index contributed by atoms with van der Waals surface area (Å²) in [5.74, 6) is -1.64. The molecular weight excluding hydrogens is 675 g/mol. The number of carbonyl (C=O) groups excluding carboxylic acids is 4. The largest absolute Gasteiger partial charge is 0.462 e. The van der Waals surface area contributed by atoms with Gasteiger partial charge in [0, 0.05) is 32.0 Å². The summed E-state index contributed by atoms with van der Waals surface area (Å²) >= 11 is 4.08. The average molecular weight is 710 g/mol. The maximum atomic E-state index is 13.6. The molecule has 0 aliphatic rings. The standard InChI is InChI=1S/C38H35N3O5S3/c1-4-32(36(44)41-37-33(38(45)46-5-2)30(23-48-37)25-18-16-24(3)17-19-25)49-29-14-9-13-27(21-29)39-35(43)31(22-28-15-10-20-47-28)40-34(42)26-11-7-6-8-12-26/h6-23,32H,4-5H2,1-3H3,(H,39,43)(H,40,42)(H,41,44)/b31-22-. The predicted molar refractivity (Wildman–Crippen MR) is 200 cm³/mol. The first kappa shape index (κ1) is 35.3. The van der Waals surface area contributed by atoms with Crippen LogP contribution < -0.4 is 16.0 Å². The van der Waals surface area contributed by atoms with E-state index < -0.39 is 23.0 Å². The Morgan fingerprint density at radius 1 is 0.878 bits per heavy atom. The lowest BCUT2D eigenvalue weighted by atomic mass is 10.0. The molecule has 5 aromatic rings. The molecule has 5 rings (SSSR count). The van der Waals surface area contributed by atoms with Gasteiger partial charge in [0.05, 0.1) is 11.9 Å². The van der Waals surface area contributed by atoms with Gasteiger partial charge in [-0.1, -0.05) is 67.1 Å². The Hall–Kier alpha value is -4.97. The molecule has 0 saturated heterocycles. The molecule has 250 valence electrons. The molecule has 2 aromatic heterocycles. The summed E-state index contributed by atoms with van der Waals surface area (Å²) in [6, 6.07) is 27.4. The van der Waals surface area contributed by atoms with E-state index in [4.69, 9.17) is 4.74 Å². The molecule has 1 atom stereocenters. The number of nitrogens with one attached hydrogen (secondary N) is 3. The fraction of sp³-hybridized carbons (Fsp3) is 0.158. The highest BCUT2D eigenvalue weighted by Crippen LogP contribution is 2.37. The normalized spacial score (nSPS) is 11.8. The van der Waals surface area contributed by atoms with Gasteiger partial charge in [0.1, 0.15) is 16.3 Å². The molecule has 3 N–H and O–H groups in total. The predicted octanol–water partition coefficient (Wildman–Crippen LogP) is 8.88. The van der Waals surface area contributed by atoms with Gasteiger partial charge in [0.25, 0.3) is 11.8 Å². The van der Waals surface area contributed by atoms with Crippen LogP contribution in [0.15, 0.2) is 112 Å². The van der Waals surface area contributed by atoms with Crippen molar-refractivity contribution in [2.24, 2.45) is 0 Å². The summed E-state index contributed by atoms with van der Waals surface area (Å²) in [4.78, 5) is 54.6. The van der Waals surface area contributed by atoms with E-state index in [1.165, 1.54) is 34.4 Å². The zero-order chi connectivity index (χ0) is 34.8. The molecule has 3 amide bonds. The molecule has 0 aliphatic carbocycles. The van der Waals surface area contributed by atoms with E-state index in [9.17, 15) is 19.2 Å². The second-order valence-corrected chi connectivity index (χ2v) is 14.0. The number of thioether (sulfide) groups is 1. The minimum absolute atomic E-state index is 0.0959. The van der Waals surface area contributed by atoms with Crippen molar-refractivity contribution < 1.29 is 23.9 Å². The Morgan fingerprint density at radius 3 is 2.35 bits per heavy atom. The smallest absolute Gasteiger partial charge is 0.341 e. The van der Waals surface area contributed by atoms with Crippen molar-refractivity contribution >= 4 is 74.9 Å². The summed E-state index contributed by atoms with van der Waals surface area (Å²) in [5, 5.41) is 12.3. The minimum atomic E-state index is -0.495. The maximum absolute atomic E-state index is 13.6. The van der Waals surface area contributed by atoms with E-state index in [0.29, 0.717) is 33.8 Å². The number of esters is 1. The molecule has 8 nitrogen and oxygen atoms in total. The Balaban J connectivity index is 1.31. The van der Waals surface area contributed by atoms with Gasteiger partial charge in [-0.15, -0.1) is 34.4 Å². The number of carbonyl (C=O) groups is 4. The van der Waals surface area contributed by atoms with Crippen LogP contribution in [0.3, 0.4) is 0 Å². The van der Waals surface area contributed by atoms with E-state index >= 15 is 0 Å². The fourth-order valence-corrected chi connectivity index (χ4v) is 7.41. The molecule has 0 aliphatic heterocycles. The van der Waals surface area contributed by atoms with E-state index in [1.807, 2.05) is 73.1 Å². The van der Waals surface area contributed by atoms with Crippen molar-refractivity contribution in [2.75, 3.05) is 17.2 Å². The van der Waals surface area contributed by atoms with E-state index in [-0.39, 0.29) is 18.2 Å². The highest BCUT2D eigenvalue weighted by Gasteiger charge is 2.26. The van der Waals surface area contributed by atoms with Crippen LogP contribution in [0, 0.1) is 6.92 Å². The Labute approximate surface area is 297 Å². The van der Waals surface area contributed by atoms with Crippen LogP contribution in [0.1, 0.15) is 51.4 Å². The summed E-state index contributed by atoms with van der Waals surface area (Å²) in [7, 11) is 0. The highest BCUT2D eigenvalue weighted by atomic mass is 32.2. The quantitative estimate of drug-likeness (QED) is 0.0640. The molecular formula is C38H35N3O5S3. The van der Waals surface area contributed by atoms with Crippen molar-refractivity contribution in [3.63, 3.8) is 0 Å². The number of hydrogen-bond acceptors (Lipinski definition) is 8. The fourth-order valence-electron chi connectivity index (χ4n) is 4.78. The SMILES string of the molecule is CCOC(=O)c1c(-c2ccc(C)cc2)csc1NC(=O)C(CC)Sc1cccc(NC(=O)/C(=C/c2cccs2)NC(=O)c2ccccc2)c1. The molecule has 0 saturated carbocycles. The third kappa shape index (κ3) is 9.35. The van der Waals surface area contributed by atoms with Gasteiger partial charge >= 0.3 is 5.97 Å². The van der Waals surface area contributed by atoms with Crippen LogP contribution in [-0.2, 0) is 14.3 Å². The van der Waals surface area contributed by atoms with Crippen molar-refractivity contribution in [3.8, 4) is 11.1 Å². The summed E-state index contributed by atoms with van der Waals surface area (Å²) in [5.41, 5.74) is 4.02. The van der Waals surface area contributed by atoms with Crippen molar-refractivity contribution in [3.05, 3.63) is 129 Å². The lowest BCUT2D eigenvalue weighted by Gasteiger charge is -2.16. The number of amides is 3. The summed E-state index contributed by atoms with van der Waals surface area (Å²) in [6.45, 7) is 5.86. The van der Waals surface area contributed by atoms with Crippen LogP contribution in [-0.4, -0.2) is 35.5 Å². The average Bonchev–Trinajstić information content (AvgIpc) is 3.78. The molecule has 0 fully saturated rings. The lowest BCUT2D eigenvalue weighted by molar-refractivity contribution is -0.116. The zero-order valence-electron chi connectivity index (χ0n) is 27.1. The molecule has 49 heavy (non-hydrogen) atoms. The Bertz CT molecular complexity index is 1950. The third-order valence-electron chi connectivity index (χ3n) is 7.26. The van der Waals surface area contributed by atoms with Crippen LogP contribution >= 0.6 is 34.4 Å². The number of benzene rings is 3. The van der Waals surface area contributed by atoms with E-state index in [1.54, 1.807) is 55.5 Å². The third-order valence-corrected chi connectivity index (χ3v) is 10.3. The van der Waals surface area contributed by atoms with Gasteiger partial charge in [-0.2, -0.15) is 0 Å².